The third kappa shape index (κ3) is 4.59. The molecule has 8 heteroatoms. The Morgan fingerprint density at radius 1 is 1.17 bits per heavy atom. The maximum absolute atomic E-state index is 12.2. The average Bonchev–Trinajstić information content (AvgIpc) is 2.89. The van der Waals surface area contributed by atoms with Crippen LogP contribution in [0.3, 0.4) is 0 Å². The average molecular weight is 371 g/mol. The first kappa shape index (κ1) is 18.5. The number of rotatable bonds is 4. The summed E-state index contributed by atoms with van der Waals surface area (Å²) in [4.78, 5) is 12.2. The molecule has 2 rings (SSSR count). The molecule has 130 valence electrons. The summed E-state index contributed by atoms with van der Waals surface area (Å²) in [5, 5.41) is 2.91. The number of hydrogen-bond donors (Lipinski definition) is 2. The molecule has 0 aliphatic rings. The van der Waals surface area contributed by atoms with Crippen LogP contribution < -0.4 is 10.0 Å². The van der Waals surface area contributed by atoms with E-state index in [0.717, 1.165) is 5.56 Å². The Bertz CT molecular complexity index is 866. The fraction of sp³-hybridized carbons (Fsp3) is 0.312. The zero-order valence-electron chi connectivity index (χ0n) is 13.8. The zero-order valence-corrected chi connectivity index (χ0v) is 15.4. The van der Waals surface area contributed by atoms with E-state index >= 15 is 0 Å². The third-order valence-corrected chi connectivity index (χ3v) is 4.81. The smallest absolute Gasteiger partial charge is 0.291 e. The van der Waals surface area contributed by atoms with Crippen LogP contribution in [0.4, 0.5) is 5.69 Å². The molecule has 0 saturated heterocycles. The van der Waals surface area contributed by atoms with Gasteiger partial charge in [0.15, 0.2) is 5.76 Å². The molecule has 24 heavy (non-hydrogen) atoms. The second-order valence-corrected chi connectivity index (χ2v) is 8.44. The van der Waals surface area contributed by atoms with Gasteiger partial charge in [-0.3, -0.25) is 4.79 Å². The monoisotopic (exact) mass is 370 g/mol. The van der Waals surface area contributed by atoms with Gasteiger partial charge in [0.25, 0.3) is 15.9 Å². The summed E-state index contributed by atoms with van der Waals surface area (Å²) < 4.78 is 32.0. The van der Waals surface area contributed by atoms with Crippen molar-refractivity contribution in [2.45, 2.75) is 38.3 Å². The van der Waals surface area contributed by atoms with Gasteiger partial charge in [0.1, 0.15) is 0 Å². The highest BCUT2D eigenvalue weighted by Crippen LogP contribution is 2.21. The predicted octanol–water partition coefficient (Wildman–Crippen LogP) is 3.57. The number of nitrogens with one attached hydrogen (secondary N) is 2. The van der Waals surface area contributed by atoms with Gasteiger partial charge in [0, 0.05) is 16.2 Å². The van der Waals surface area contributed by atoms with E-state index in [2.05, 4.69) is 10.0 Å². The second-order valence-electron chi connectivity index (χ2n) is 6.39. The number of aryl methyl sites for hydroxylation is 1. The van der Waals surface area contributed by atoms with Gasteiger partial charge < -0.3 is 9.73 Å². The Balaban J connectivity index is 2.19. The fourth-order valence-electron chi connectivity index (χ4n) is 1.99. The molecule has 2 aromatic rings. The number of amides is 1. The van der Waals surface area contributed by atoms with E-state index < -0.39 is 21.5 Å². The lowest BCUT2D eigenvalue weighted by Gasteiger charge is -2.18. The molecule has 1 aromatic carbocycles. The van der Waals surface area contributed by atoms with Crippen LogP contribution in [0, 0.1) is 6.92 Å². The lowest BCUT2D eigenvalue weighted by atomic mass is 10.1. The number of hydrogen-bond acceptors (Lipinski definition) is 4. The first-order valence-corrected chi connectivity index (χ1v) is 9.05. The van der Waals surface area contributed by atoms with Crippen LogP contribution in [0.5, 0.6) is 0 Å². The van der Waals surface area contributed by atoms with Gasteiger partial charge >= 0.3 is 0 Å². The summed E-state index contributed by atoms with van der Waals surface area (Å²) >= 11 is 5.87. The molecule has 1 amide bonds. The minimum atomic E-state index is -3.83. The van der Waals surface area contributed by atoms with Gasteiger partial charge in [-0.05, 0) is 63.6 Å². The predicted molar refractivity (Wildman–Crippen MR) is 92.9 cm³/mol. The molecule has 0 spiro atoms. The van der Waals surface area contributed by atoms with Crippen LogP contribution in [-0.4, -0.2) is 19.9 Å². The standard InChI is InChI=1S/C16H19ClN2O4S/c1-10-9-11(17)5-6-12(10)18-15(20)13-7-8-14(23-13)24(21,22)19-16(2,3)4/h5-9,19H,1-4H3,(H,18,20). The fourth-order valence-corrected chi connectivity index (χ4v) is 3.57. The molecule has 0 unspecified atom stereocenters. The molecule has 0 bridgehead atoms. The largest absolute Gasteiger partial charge is 0.438 e. The minimum absolute atomic E-state index is 0.0985. The van der Waals surface area contributed by atoms with E-state index in [1.807, 2.05) is 0 Å². The van der Waals surface area contributed by atoms with Crippen molar-refractivity contribution in [1.29, 1.82) is 0 Å². The molecule has 0 atom stereocenters. The Kier molecular flexibility index (Phi) is 5.08. The summed E-state index contributed by atoms with van der Waals surface area (Å²) in [5.74, 6) is -0.642. The van der Waals surface area contributed by atoms with E-state index in [-0.39, 0.29) is 10.9 Å². The van der Waals surface area contributed by atoms with E-state index in [4.69, 9.17) is 16.0 Å². The number of sulfonamides is 1. The Morgan fingerprint density at radius 3 is 2.42 bits per heavy atom. The molecular formula is C16H19ClN2O4S. The first-order valence-electron chi connectivity index (χ1n) is 7.19. The van der Waals surface area contributed by atoms with Crippen molar-refractivity contribution >= 4 is 33.2 Å². The topological polar surface area (TPSA) is 88.4 Å². The summed E-state index contributed by atoms with van der Waals surface area (Å²) in [6.07, 6.45) is 0. The van der Waals surface area contributed by atoms with Gasteiger partial charge in [0.05, 0.1) is 0 Å². The number of carbonyl (C=O) groups is 1. The van der Waals surface area contributed by atoms with Gasteiger partial charge in [0.2, 0.25) is 5.09 Å². The van der Waals surface area contributed by atoms with Crippen LogP contribution in [0.1, 0.15) is 36.9 Å². The summed E-state index contributed by atoms with van der Waals surface area (Å²) in [6, 6.07) is 7.59. The molecule has 0 fully saturated rings. The van der Waals surface area contributed by atoms with Gasteiger partial charge in [-0.2, -0.15) is 0 Å². The molecule has 0 saturated carbocycles. The molecule has 2 N–H and O–H groups in total. The van der Waals surface area contributed by atoms with Crippen molar-refractivity contribution < 1.29 is 17.6 Å². The number of halogens is 1. The lowest BCUT2D eigenvalue weighted by molar-refractivity contribution is 0.0991. The zero-order chi connectivity index (χ0) is 18.1. The lowest BCUT2D eigenvalue weighted by Crippen LogP contribution is -2.40. The van der Waals surface area contributed by atoms with Crippen molar-refractivity contribution in [2.24, 2.45) is 0 Å². The van der Waals surface area contributed by atoms with Crippen molar-refractivity contribution in [2.75, 3.05) is 5.32 Å². The third-order valence-electron chi connectivity index (χ3n) is 2.95. The SMILES string of the molecule is Cc1cc(Cl)ccc1NC(=O)c1ccc(S(=O)(=O)NC(C)(C)C)o1. The van der Waals surface area contributed by atoms with Crippen molar-refractivity contribution in [3.63, 3.8) is 0 Å². The highest BCUT2D eigenvalue weighted by atomic mass is 35.5. The Morgan fingerprint density at radius 2 is 1.83 bits per heavy atom. The highest BCUT2D eigenvalue weighted by Gasteiger charge is 2.26. The minimum Gasteiger partial charge on any atom is -0.438 e. The summed E-state index contributed by atoms with van der Waals surface area (Å²) in [6.45, 7) is 6.94. The molecule has 0 aliphatic heterocycles. The van der Waals surface area contributed by atoms with E-state index in [1.54, 1.807) is 45.9 Å². The molecule has 0 aliphatic carbocycles. The molecule has 6 nitrogen and oxygen atoms in total. The maximum Gasteiger partial charge on any atom is 0.291 e. The van der Waals surface area contributed by atoms with Crippen LogP contribution in [0.25, 0.3) is 0 Å². The van der Waals surface area contributed by atoms with Crippen LogP contribution >= 0.6 is 11.6 Å². The number of furan rings is 1. The molecule has 1 heterocycles. The Labute approximate surface area is 146 Å². The summed E-state index contributed by atoms with van der Waals surface area (Å²) in [5.41, 5.74) is 0.691. The molecular weight excluding hydrogens is 352 g/mol. The Hall–Kier alpha value is -1.83. The van der Waals surface area contributed by atoms with Crippen molar-refractivity contribution in [1.82, 2.24) is 4.72 Å². The normalized spacial score (nSPS) is 12.2. The van der Waals surface area contributed by atoms with Gasteiger partial charge in [-0.25, -0.2) is 13.1 Å². The summed E-state index contributed by atoms with van der Waals surface area (Å²) in [7, 11) is -3.83. The van der Waals surface area contributed by atoms with Crippen LogP contribution in [0.15, 0.2) is 39.8 Å². The van der Waals surface area contributed by atoms with Crippen molar-refractivity contribution in [3.8, 4) is 0 Å². The number of carbonyl (C=O) groups excluding carboxylic acids is 1. The first-order chi connectivity index (χ1) is 11.0. The van der Waals surface area contributed by atoms with Crippen molar-refractivity contribution in [3.05, 3.63) is 46.7 Å². The van der Waals surface area contributed by atoms with Gasteiger partial charge in [-0.15, -0.1) is 0 Å². The quantitative estimate of drug-likeness (QED) is 0.861. The number of benzene rings is 1. The highest BCUT2D eigenvalue weighted by molar-refractivity contribution is 7.89. The van der Waals surface area contributed by atoms with E-state index in [0.29, 0.717) is 10.7 Å². The van der Waals surface area contributed by atoms with E-state index in [1.165, 1.54) is 12.1 Å². The van der Waals surface area contributed by atoms with Gasteiger partial charge in [-0.1, -0.05) is 11.6 Å². The second kappa shape index (κ2) is 6.58. The molecule has 0 radical (unpaired) electrons. The molecule has 1 aromatic heterocycles. The number of anilines is 1. The maximum atomic E-state index is 12.2. The van der Waals surface area contributed by atoms with Crippen LogP contribution in [-0.2, 0) is 10.0 Å². The van der Waals surface area contributed by atoms with Crippen LogP contribution in [0.2, 0.25) is 5.02 Å². The van der Waals surface area contributed by atoms with E-state index in [9.17, 15) is 13.2 Å².